The van der Waals surface area contributed by atoms with Crippen molar-refractivity contribution < 1.29 is 9.90 Å². The number of carboxylic acid groups (broad SMARTS) is 1. The Morgan fingerprint density at radius 2 is 2.14 bits per heavy atom. The first kappa shape index (κ1) is 14.0. The molecule has 0 spiro atoms. The molecule has 1 fully saturated rings. The summed E-state index contributed by atoms with van der Waals surface area (Å²) >= 11 is 0. The Morgan fingerprint density at radius 3 is 2.86 bits per heavy atom. The Labute approximate surface area is 124 Å². The van der Waals surface area contributed by atoms with E-state index >= 15 is 0 Å². The summed E-state index contributed by atoms with van der Waals surface area (Å²) < 4.78 is 0. The van der Waals surface area contributed by atoms with Crippen molar-refractivity contribution in [2.75, 3.05) is 13.1 Å². The van der Waals surface area contributed by atoms with Crippen LogP contribution in [0.3, 0.4) is 0 Å². The summed E-state index contributed by atoms with van der Waals surface area (Å²) in [7, 11) is 0. The third-order valence-electron chi connectivity index (χ3n) is 4.30. The van der Waals surface area contributed by atoms with E-state index in [9.17, 15) is 9.90 Å². The lowest BCUT2D eigenvalue weighted by Gasteiger charge is -2.15. The van der Waals surface area contributed by atoms with Gasteiger partial charge in [0.15, 0.2) is 0 Å². The number of aliphatic carboxylic acids is 1. The van der Waals surface area contributed by atoms with Crippen LogP contribution in [-0.4, -0.2) is 34.0 Å². The van der Waals surface area contributed by atoms with Crippen molar-refractivity contribution in [2.24, 2.45) is 11.8 Å². The molecule has 0 unspecified atom stereocenters. The fourth-order valence-corrected chi connectivity index (χ4v) is 3.15. The Morgan fingerprint density at radius 1 is 1.33 bits per heavy atom. The van der Waals surface area contributed by atoms with Crippen LogP contribution in [0, 0.1) is 18.8 Å². The van der Waals surface area contributed by atoms with Crippen molar-refractivity contribution in [1.29, 1.82) is 0 Å². The highest BCUT2D eigenvalue weighted by Crippen LogP contribution is 2.25. The van der Waals surface area contributed by atoms with Gasteiger partial charge in [0.2, 0.25) is 0 Å². The first-order chi connectivity index (χ1) is 10.0. The van der Waals surface area contributed by atoms with Crippen molar-refractivity contribution >= 4 is 16.9 Å². The molecule has 1 aromatic heterocycles. The number of hydrogen-bond acceptors (Lipinski definition) is 3. The molecular formula is C17H20N2O2. The topological polar surface area (TPSA) is 53.4 Å². The third kappa shape index (κ3) is 2.90. The highest BCUT2D eigenvalue weighted by Gasteiger charge is 2.34. The van der Waals surface area contributed by atoms with Gasteiger partial charge in [-0.15, -0.1) is 0 Å². The van der Waals surface area contributed by atoms with Crippen molar-refractivity contribution in [3.63, 3.8) is 0 Å². The van der Waals surface area contributed by atoms with Crippen molar-refractivity contribution in [2.45, 2.75) is 20.4 Å². The minimum atomic E-state index is -0.678. The maximum Gasteiger partial charge on any atom is 0.308 e. The highest BCUT2D eigenvalue weighted by atomic mass is 16.4. The Bertz CT molecular complexity index is 684. The van der Waals surface area contributed by atoms with Crippen LogP contribution in [0.15, 0.2) is 30.3 Å². The van der Waals surface area contributed by atoms with Crippen LogP contribution in [0.4, 0.5) is 0 Å². The summed E-state index contributed by atoms with van der Waals surface area (Å²) in [6, 6.07) is 10.4. The molecule has 0 bridgehead atoms. The van der Waals surface area contributed by atoms with Gasteiger partial charge >= 0.3 is 5.97 Å². The zero-order chi connectivity index (χ0) is 15.0. The van der Waals surface area contributed by atoms with Crippen LogP contribution in [0.5, 0.6) is 0 Å². The molecule has 1 aliphatic heterocycles. The number of carbonyl (C=O) groups is 1. The van der Waals surface area contributed by atoms with Gasteiger partial charge in [-0.1, -0.05) is 19.1 Å². The minimum Gasteiger partial charge on any atom is -0.481 e. The number of aryl methyl sites for hydroxylation is 1. The maximum atomic E-state index is 11.2. The van der Waals surface area contributed by atoms with Gasteiger partial charge < -0.3 is 5.11 Å². The second-order valence-corrected chi connectivity index (χ2v) is 6.10. The SMILES string of the molecule is Cc1ccc2cc(CN3C[C@@H](C)[C@H](C(=O)O)C3)ccc2n1. The summed E-state index contributed by atoms with van der Waals surface area (Å²) in [5.41, 5.74) is 3.25. The van der Waals surface area contributed by atoms with Crippen molar-refractivity contribution in [1.82, 2.24) is 9.88 Å². The molecule has 0 saturated carbocycles. The predicted octanol–water partition coefficient (Wildman–Crippen LogP) is 2.70. The molecule has 1 aromatic carbocycles. The first-order valence-corrected chi connectivity index (χ1v) is 7.34. The van der Waals surface area contributed by atoms with E-state index in [0.717, 1.165) is 29.7 Å². The van der Waals surface area contributed by atoms with Gasteiger partial charge in [-0.3, -0.25) is 14.7 Å². The molecule has 0 aliphatic carbocycles. The lowest BCUT2D eigenvalue weighted by Crippen LogP contribution is -2.23. The minimum absolute atomic E-state index is 0.215. The molecular weight excluding hydrogens is 264 g/mol. The van der Waals surface area contributed by atoms with Gasteiger partial charge in [0.05, 0.1) is 11.4 Å². The zero-order valence-electron chi connectivity index (χ0n) is 12.4. The van der Waals surface area contributed by atoms with Crippen LogP contribution in [-0.2, 0) is 11.3 Å². The number of fused-ring (bicyclic) bond motifs is 1. The molecule has 1 saturated heterocycles. The molecule has 2 atom stereocenters. The molecule has 2 heterocycles. The third-order valence-corrected chi connectivity index (χ3v) is 4.30. The molecule has 4 heteroatoms. The molecule has 21 heavy (non-hydrogen) atoms. The molecule has 1 aliphatic rings. The van der Waals surface area contributed by atoms with Crippen molar-refractivity contribution in [3.05, 3.63) is 41.6 Å². The van der Waals surface area contributed by atoms with Crippen LogP contribution < -0.4 is 0 Å². The van der Waals surface area contributed by atoms with E-state index in [1.54, 1.807) is 0 Å². The summed E-state index contributed by atoms with van der Waals surface area (Å²) in [5.74, 6) is -0.703. The van der Waals surface area contributed by atoms with Crippen LogP contribution in [0.25, 0.3) is 10.9 Å². The smallest absolute Gasteiger partial charge is 0.308 e. The average molecular weight is 284 g/mol. The number of hydrogen-bond donors (Lipinski definition) is 1. The van der Waals surface area contributed by atoms with E-state index in [-0.39, 0.29) is 11.8 Å². The molecule has 2 aromatic rings. The average Bonchev–Trinajstić information content (AvgIpc) is 2.80. The second-order valence-electron chi connectivity index (χ2n) is 6.10. The molecule has 110 valence electrons. The normalized spacial score (nSPS) is 22.8. The van der Waals surface area contributed by atoms with E-state index in [1.165, 1.54) is 5.56 Å². The Balaban J connectivity index is 1.76. The Kier molecular flexibility index (Phi) is 3.64. The zero-order valence-corrected chi connectivity index (χ0v) is 12.4. The fraction of sp³-hybridized carbons (Fsp3) is 0.412. The highest BCUT2D eigenvalue weighted by molar-refractivity contribution is 5.79. The van der Waals surface area contributed by atoms with Gasteiger partial charge in [-0.05, 0) is 36.6 Å². The van der Waals surface area contributed by atoms with Crippen LogP contribution in [0.2, 0.25) is 0 Å². The predicted molar refractivity (Wildman–Crippen MR) is 82.0 cm³/mol. The number of pyridine rings is 1. The van der Waals surface area contributed by atoms with Crippen LogP contribution >= 0.6 is 0 Å². The van der Waals surface area contributed by atoms with Gasteiger partial charge in [-0.2, -0.15) is 0 Å². The second kappa shape index (κ2) is 5.45. The standard InChI is InChI=1S/C17H20N2O2/c1-11-8-19(10-15(11)17(20)21)9-13-4-6-16-14(7-13)5-3-12(2)18-16/h3-7,11,15H,8-10H2,1-2H3,(H,20,21)/t11-,15-/m1/s1. The number of nitrogens with zero attached hydrogens (tertiary/aromatic N) is 2. The molecule has 3 rings (SSSR count). The maximum absolute atomic E-state index is 11.2. The largest absolute Gasteiger partial charge is 0.481 e. The summed E-state index contributed by atoms with van der Waals surface area (Å²) in [6.45, 7) is 6.30. The summed E-state index contributed by atoms with van der Waals surface area (Å²) in [6.07, 6.45) is 0. The van der Waals surface area contributed by atoms with E-state index in [1.807, 2.05) is 26.0 Å². The summed E-state index contributed by atoms with van der Waals surface area (Å²) in [5, 5.41) is 10.3. The lowest BCUT2D eigenvalue weighted by molar-refractivity contribution is -0.142. The van der Waals surface area contributed by atoms with E-state index in [4.69, 9.17) is 0 Å². The monoisotopic (exact) mass is 284 g/mol. The lowest BCUT2D eigenvalue weighted by atomic mass is 9.99. The number of rotatable bonds is 3. The number of aromatic nitrogens is 1. The Hall–Kier alpha value is -1.94. The van der Waals surface area contributed by atoms with Crippen LogP contribution in [0.1, 0.15) is 18.2 Å². The quantitative estimate of drug-likeness (QED) is 0.941. The fourth-order valence-electron chi connectivity index (χ4n) is 3.15. The number of carboxylic acids is 1. The molecule has 1 N–H and O–H groups in total. The van der Waals surface area contributed by atoms with Gasteiger partial charge in [0, 0.05) is 30.7 Å². The molecule has 4 nitrogen and oxygen atoms in total. The van der Waals surface area contributed by atoms with Crippen molar-refractivity contribution in [3.8, 4) is 0 Å². The van der Waals surface area contributed by atoms with Gasteiger partial charge in [0.1, 0.15) is 0 Å². The van der Waals surface area contributed by atoms with Gasteiger partial charge in [-0.25, -0.2) is 0 Å². The summed E-state index contributed by atoms with van der Waals surface area (Å²) in [4.78, 5) is 17.9. The van der Waals surface area contributed by atoms with E-state index in [0.29, 0.717) is 6.54 Å². The first-order valence-electron chi connectivity index (χ1n) is 7.34. The number of benzene rings is 1. The number of likely N-dealkylation sites (tertiary alicyclic amines) is 1. The molecule has 0 radical (unpaired) electrons. The van der Waals surface area contributed by atoms with E-state index in [2.05, 4.69) is 28.1 Å². The molecule has 0 amide bonds. The van der Waals surface area contributed by atoms with Gasteiger partial charge in [0.25, 0.3) is 0 Å². The van der Waals surface area contributed by atoms with E-state index < -0.39 is 5.97 Å².